The van der Waals surface area contributed by atoms with Crippen LogP contribution >= 0.6 is 0 Å². The van der Waals surface area contributed by atoms with E-state index in [0.717, 1.165) is 49.4 Å². The normalized spacial score (nSPS) is 14.3. The monoisotopic (exact) mass is 363 g/mol. The van der Waals surface area contributed by atoms with Gasteiger partial charge in [0.15, 0.2) is 5.96 Å². The van der Waals surface area contributed by atoms with E-state index >= 15 is 0 Å². The highest BCUT2D eigenvalue weighted by Crippen LogP contribution is 2.28. The van der Waals surface area contributed by atoms with Gasteiger partial charge in [-0.1, -0.05) is 12.1 Å². The van der Waals surface area contributed by atoms with Gasteiger partial charge in [-0.15, -0.1) is 0 Å². The average Bonchev–Trinajstić information content (AvgIpc) is 3.46. The van der Waals surface area contributed by atoms with Crippen molar-refractivity contribution < 1.29 is 14.2 Å². The molecule has 6 nitrogen and oxygen atoms in total. The summed E-state index contributed by atoms with van der Waals surface area (Å²) in [5, 5.41) is 6.67. The Bertz CT molecular complexity index is 559. The highest BCUT2D eigenvalue weighted by Gasteiger charge is 2.20. The summed E-state index contributed by atoms with van der Waals surface area (Å²) in [6, 6.07) is 6.23. The molecule has 0 saturated heterocycles. The minimum atomic E-state index is 0.542. The molecule has 146 valence electrons. The summed E-state index contributed by atoms with van der Waals surface area (Å²) in [6.45, 7) is 6.40. The molecule has 2 rings (SSSR count). The fraction of sp³-hybridized carbons (Fsp3) is 0.650. The molecule has 0 radical (unpaired) electrons. The Labute approximate surface area is 157 Å². The largest absolute Gasteiger partial charge is 0.491 e. The lowest BCUT2D eigenvalue weighted by molar-refractivity contribution is 0.123. The zero-order valence-corrected chi connectivity index (χ0v) is 16.3. The zero-order valence-electron chi connectivity index (χ0n) is 16.3. The molecule has 1 aromatic carbocycles. The molecule has 0 aromatic heterocycles. The van der Waals surface area contributed by atoms with Crippen LogP contribution in [0, 0.1) is 12.8 Å². The van der Waals surface area contributed by atoms with Crippen LogP contribution in [0.2, 0.25) is 0 Å². The van der Waals surface area contributed by atoms with Crippen molar-refractivity contribution in [3.8, 4) is 5.75 Å². The predicted octanol–water partition coefficient (Wildman–Crippen LogP) is 2.50. The minimum Gasteiger partial charge on any atom is -0.491 e. The predicted molar refractivity (Wildman–Crippen MR) is 105 cm³/mol. The van der Waals surface area contributed by atoms with Crippen molar-refractivity contribution >= 4 is 5.96 Å². The second-order valence-corrected chi connectivity index (χ2v) is 6.68. The summed E-state index contributed by atoms with van der Waals surface area (Å²) >= 11 is 0. The van der Waals surface area contributed by atoms with Gasteiger partial charge in [0.25, 0.3) is 0 Å². The zero-order chi connectivity index (χ0) is 18.6. The van der Waals surface area contributed by atoms with Gasteiger partial charge in [-0.05, 0) is 43.7 Å². The van der Waals surface area contributed by atoms with E-state index in [-0.39, 0.29) is 0 Å². The standard InChI is InChI=1S/C20H33N3O3/c1-16-5-8-18(19(13-16)26-12-11-24-3)14-23-20(21-2)22-9-4-10-25-15-17-6-7-17/h5,8,13,17H,4,6-7,9-12,14-15H2,1-3H3,(H2,21,22,23). The second-order valence-electron chi connectivity index (χ2n) is 6.68. The lowest BCUT2D eigenvalue weighted by atomic mass is 10.1. The molecule has 0 spiro atoms. The number of benzene rings is 1. The van der Waals surface area contributed by atoms with Crippen molar-refractivity contribution in [2.75, 3.05) is 47.1 Å². The van der Waals surface area contributed by atoms with Crippen LogP contribution in [0.5, 0.6) is 5.75 Å². The topological polar surface area (TPSA) is 64.1 Å². The molecule has 0 amide bonds. The smallest absolute Gasteiger partial charge is 0.191 e. The van der Waals surface area contributed by atoms with Gasteiger partial charge in [-0.25, -0.2) is 0 Å². The molecule has 0 unspecified atom stereocenters. The number of guanidine groups is 1. The molecular formula is C20H33N3O3. The molecule has 1 aromatic rings. The number of aliphatic imine (C=N–C) groups is 1. The number of rotatable bonds is 12. The van der Waals surface area contributed by atoms with E-state index in [0.29, 0.717) is 19.8 Å². The number of nitrogens with zero attached hydrogens (tertiary/aromatic N) is 1. The molecule has 1 saturated carbocycles. The maximum atomic E-state index is 5.83. The second kappa shape index (κ2) is 11.8. The maximum Gasteiger partial charge on any atom is 0.191 e. The van der Waals surface area contributed by atoms with Crippen molar-refractivity contribution in [2.24, 2.45) is 10.9 Å². The van der Waals surface area contributed by atoms with Gasteiger partial charge in [0.2, 0.25) is 0 Å². The molecule has 0 bridgehead atoms. The van der Waals surface area contributed by atoms with Gasteiger partial charge in [-0.3, -0.25) is 4.99 Å². The Morgan fingerprint density at radius 1 is 1.19 bits per heavy atom. The Morgan fingerprint density at radius 3 is 2.77 bits per heavy atom. The third-order valence-corrected chi connectivity index (χ3v) is 4.25. The third-order valence-electron chi connectivity index (χ3n) is 4.25. The molecule has 6 heteroatoms. The van der Waals surface area contributed by atoms with Crippen molar-refractivity contribution in [1.82, 2.24) is 10.6 Å². The molecule has 0 aliphatic heterocycles. The van der Waals surface area contributed by atoms with Crippen LogP contribution in [0.4, 0.5) is 0 Å². The molecule has 1 aliphatic carbocycles. The van der Waals surface area contributed by atoms with Crippen molar-refractivity contribution in [1.29, 1.82) is 0 Å². The number of hydrogen-bond acceptors (Lipinski definition) is 4. The summed E-state index contributed by atoms with van der Waals surface area (Å²) in [7, 11) is 3.46. The van der Waals surface area contributed by atoms with Crippen molar-refractivity contribution in [2.45, 2.75) is 32.7 Å². The fourth-order valence-corrected chi connectivity index (χ4v) is 2.49. The molecule has 26 heavy (non-hydrogen) atoms. The Balaban J connectivity index is 1.70. The molecule has 1 aliphatic rings. The Morgan fingerprint density at radius 2 is 2.04 bits per heavy atom. The summed E-state index contributed by atoms with van der Waals surface area (Å²) in [5.74, 6) is 2.50. The number of methoxy groups -OCH3 is 1. The highest BCUT2D eigenvalue weighted by molar-refractivity contribution is 5.79. The van der Waals surface area contributed by atoms with Gasteiger partial charge >= 0.3 is 0 Å². The first-order valence-corrected chi connectivity index (χ1v) is 9.46. The number of ether oxygens (including phenoxy) is 3. The van der Waals surface area contributed by atoms with Gasteiger partial charge in [-0.2, -0.15) is 0 Å². The van der Waals surface area contributed by atoms with Crippen LogP contribution in [-0.2, 0) is 16.0 Å². The van der Waals surface area contributed by atoms with E-state index in [2.05, 4.69) is 40.7 Å². The molecule has 0 atom stereocenters. The third kappa shape index (κ3) is 8.06. The van der Waals surface area contributed by atoms with Crippen LogP contribution in [0.1, 0.15) is 30.4 Å². The minimum absolute atomic E-state index is 0.542. The van der Waals surface area contributed by atoms with E-state index in [4.69, 9.17) is 14.2 Å². The van der Waals surface area contributed by atoms with Crippen LogP contribution < -0.4 is 15.4 Å². The van der Waals surface area contributed by atoms with E-state index in [1.807, 2.05) is 0 Å². The maximum absolute atomic E-state index is 5.83. The SMILES string of the molecule is CN=C(NCCCOCC1CC1)NCc1ccc(C)cc1OCCOC. The van der Waals surface area contributed by atoms with E-state index in [1.165, 1.54) is 18.4 Å². The van der Waals surface area contributed by atoms with E-state index < -0.39 is 0 Å². The van der Waals surface area contributed by atoms with Crippen LogP contribution in [0.15, 0.2) is 23.2 Å². The number of hydrogen-bond donors (Lipinski definition) is 2. The summed E-state index contributed by atoms with van der Waals surface area (Å²) < 4.78 is 16.5. The van der Waals surface area contributed by atoms with Gasteiger partial charge in [0.05, 0.1) is 6.61 Å². The first-order valence-electron chi connectivity index (χ1n) is 9.46. The summed E-state index contributed by atoms with van der Waals surface area (Å²) in [6.07, 6.45) is 3.65. The lowest BCUT2D eigenvalue weighted by Crippen LogP contribution is -2.37. The first-order chi connectivity index (χ1) is 12.7. The van der Waals surface area contributed by atoms with Gasteiger partial charge in [0, 0.05) is 46.0 Å². The van der Waals surface area contributed by atoms with Gasteiger partial charge in [0.1, 0.15) is 12.4 Å². The molecular weight excluding hydrogens is 330 g/mol. The molecule has 2 N–H and O–H groups in total. The van der Waals surface area contributed by atoms with Crippen LogP contribution in [0.3, 0.4) is 0 Å². The Kier molecular flexibility index (Phi) is 9.28. The van der Waals surface area contributed by atoms with E-state index in [1.54, 1.807) is 14.2 Å². The lowest BCUT2D eigenvalue weighted by Gasteiger charge is -2.15. The quantitative estimate of drug-likeness (QED) is 0.339. The fourth-order valence-electron chi connectivity index (χ4n) is 2.49. The van der Waals surface area contributed by atoms with Crippen molar-refractivity contribution in [3.63, 3.8) is 0 Å². The van der Waals surface area contributed by atoms with Crippen molar-refractivity contribution in [3.05, 3.63) is 29.3 Å². The van der Waals surface area contributed by atoms with Crippen LogP contribution in [0.25, 0.3) is 0 Å². The van der Waals surface area contributed by atoms with E-state index in [9.17, 15) is 0 Å². The Hall–Kier alpha value is -1.79. The summed E-state index contributed by atoms with van der Waals surface area (Å²) in [5.41, 5.74) is 2.28. The van der Waals surface area contributed by atoms with Gasteiger partial charge < -0.3 is 24.8 Å². The van der Waals surface area contributed by atoms with Crippen LogP contribution in [-0.4, -0.2) is 53.1 Å². The highest BCUT2D eigenvalue weighted by atomic mass is 16.5. The average molecular weight is 364 g/mol. The first kappa shape index (κ1) is 20.5. The number of aryl methyl sites for hydroxylation is 1. The number of nitrogens with one attached hydrogen (secondary N) is 2. The molecule has 0 heterocycles. The molecule has 1 fully saturated rings. The summed E-state index contributed by atoms with van der Waals surface area (Å²) in [4.78, 5) is 4.27.